The molecule has 108 valence electrons. The van der Waals surface area contributed by atoms with E-state index in [1.165, 1.54) is 6.07 Å². The predicted octanol–water partition coefficient (Wildman–Crippen LogP) is 3.29. The zero-order valence-electron chi connectivity index (χ0n) is 11.6. The molecular weight excluding hydrogens is 261 g/mol. The van der Waals surface area contributed by atoms with Gasteiger partial charge in [0.2, 0.25) is 5.91 Å². The van der Waals surface area contributed by atoms with Gasteiger partial charge in [-0.2, -0.15) is 0 Å². The van der Waals surface area contributed by atoms with Crippen LogP contribution in [-0.2, 0) is 4.79 Å². The van der Waals surface area contributed by atoms with E-state index < -0.39 is 11.8 Å². The number of hydrogen-bond acceptors (Lipinski definition) is 2. The molecule has 1 aliphatic carbocycles. The fraction of sp³-hybridized carbons (Fsp3) is 0.467. The lowest BCUT2D eigenvalue weighted by Gasteiger charge is -2.26. The standard InChI is InChI=1S/C15H18FNO3/c1-15(2)7-3-4-10(15)13(18)17-12-8-9(14(19)20)5-6-11(12)16/h5-6,8,10H,3-4,7H2,1-2H3,(H,17,18)(H,19,20). The van der Waals surface area contributed by atoms with Gasteiger partial charge in [-0.1, -0.05) is 20.3 Å². The molecule has 0 aromatic heterocycles. The number of aromatic carboxylic acids is 1. The molecule has 0 aliphatic heterocycles. The van der Waals surface area contributed by atoms with Crippen molar-refractivity contribution in [2.24, 2.45) is 11.3 Å². The van der Waals surface area contributed by atoms with E-state index in [9.17, 15) is 14.0 Å². The average molecular weight is 279 g/mol. The van der Waals surface area contributed by atoms with Gasteiger partial charge < -0.3 is 10.4 Å². The SMILES string of the molecule is CC1(C)CCCC1C(=O)Nc1cc(C(=O)O)ccc1F. The molecule has 0 saturated heterocycles. The highest BCUT2D eigenvalue weighted by Gasteiger charge is 2.39. The minimum Gasteiger partial charge on any atom is -0.478 e. The Hall–Kier alpha value is -1.91. The molecule has 1 unspecified atom stereocenters. The number of halogens is 1. The summed E-state index contributed by atoms with van der Waals surface area (Å²) in [6, 6.07) is 3.38. The summed E-state index contributed by atoms with van der Waals surface area (Å²) in [4.78, 5) is 23.1. The average Bonchev–Trinajstić information content (AvgIpc) is 2.71. The maximum atomic E-state index is 13.7. The summed E-state index contributed by atoms with van der Waals surface area (Å²) < 4.78 is 13.7. The van der Waals surface area contributed by atoms with Gasteiger partial charge in [0.1, 0.15) is 5.82 Å². The monoisotopic (exact) mass is 279 g/mol. The van der Waals surface area contributed by atoms with Crippen molar-refractivity contribution in [2.45, 2.75) is 33.1 Å². The highest BCUT2D eigenvalue weighted by Crippen LogP contribution is 2.43. The fourth-order valence-corrected chi connectivity index (χ4v) is 2.79. The molecule has 4 nitrogen and oxygen atoms in total. The zero-order valence-corrected chi connectivity index (χ0v) is 11.6. The quantitative estimate of drug-likeness (QED) is 0.892. The van der Waals surface area contributed by atoms with Crippen molar-refractivity contribution < 1.29 is 19.1 Å². The van der Waals surface area contributed by atoms with E-state index in [0.717, 1.165) is 31.4 Å². The number of carboxylic acids is 1. The van der Waals surface area contributed by atoms with E-state index in [-0.39, 0.29) is 28.5 Å². The fourth-order valence-electron chi connectivity index (χ4n) is 2.79. The van der Waals surface area contributed by atoms with Crippen LogP contribution in [0.5, 0.6) is 0 Å². The molecule has 5 heteroatoms. The molecule has 0 radical (unpaired) electrons. The van der Waals surface area contributed by atoms with Crippen LogP contribution >= 0.6 is 0 Å². The number of rotatable bonds is 3. The Morgan fingerprint density at radius 2 is 2.10 bits per heavy atom. The molecule has 0 spiro atoms. The first-order valence-corrected chi connectivity index (χ1v) is 6.65. The van der Waals surface area contributed by atoms with Crippen molar-refractivity contribution in [1.82, 2.24) is 0 Å². The van der Waals surface area contributed by atoms with E-state index in [1.54, 1.807) is 0 Å². The van der Waals surface area contributed by atoms with Gasteiger partial charge in [0.15, 0.2) is 0 Å². The summed E-state index contributed by atoms with van der Waals surface area (Å²) in [5.41, 5.74) is -0.227. The van der Waals surface area contributed by atoms with E-state index in [1.807, 2.05) is 13.8 Å². The Labute approximate surface area is 117 Å². The molecule has 1 aliphatic rings. The summed E-state index contributed by atoms with van der Waals surface area (Å²) in [5, 5.41) is 11.4. The maximum Gasteiger partial charge on any atom is 0.335 e. The van der Waals surface area contributed by atoms with Crippen LogP contribution in [0.15, 0.2) is 18.2 Å². The van der Waals surface area contributed by atoms with Crippen LogP contribution in [-0.4, -0.2) is 17.0 Å². The molecule has 2 rings (SSSR count). The topological polar surface area (TPSA) is 66.4 Å². The number of nitrogens with one attached hydrogen (secondary N) is 1. The van der Waals surface area contributed by atoms with Gasteiger partial charge in [-0.05, 0) is 36.5 Å². The van der Waals surface area contributed by atoms with E-state index in [4.69, 9.17) is 5.11 Å². The Balaban J connectivity index is 2.19. The van der Waals surface area contributed by atoms with Gasteiger partial charge in [-0.15, -0.1) is 0 Å². The lowest BCUT2D eigenvalue weighted by molar-refractivity contribution is -0.122. The van der Waals surface area contributed by atoms with Gasteiger partial charge in [-0.3, -0.25) is 4.79 Å². The lowest BCUT2D eigenvalue weighted by Crippen LogP contribution is -2.31. The minimum absolute atomic E-state index is 0.0487. The Morgan fingerprint density at radius 3 is 2.65 bits per heavy atom. The van der Waals surface area contributed by atoms with Crippen LogP contribution in [0.4, 0.5) is 10.1 Å². The molecule has 1 amide bonds. The summed E-state index contributed by atoms with van der Waals surface area (Å²) in [6.07, 6.45) is 2.71. The number of amides is 1. The number of benzene rings is 1. The normalized spacial score (nSPS) is 20.6. The molecule has 1 fully saturated rings. The second-order valence-corrected chi connectivity index (χ2v) is 5.92. The molecule has 1 aromatic carbocycles. The summed E-state index contributed by atoms with van der Waals surface area (Å²) in [7, 11) is 0. The van der Waals surface area contributed by atoms with Crippen molar-refractivity contribution >= 4 is 17.6 Å². The van der Waals surface area contributed by atoms with Crippen LogP contribution in [0.2, 0.25) is 0 Å². The van der Waals surface area contributed by atoms with Gasteiger partial charge in [0, 0.05) is 5.92 Å². The van der Waals surface area contributed by atoms with Gasteiger partial charge in [0.05, 0.1) is 11.3 Å². The van der Waals surface area contributed by atoms with Crippen molar-refractivity contribution in [3.63, 3.8) is 0 Å². The molecule has 1 saturated carbocycles. The second-order valence-electron chi connectivity index (χ2n) is 5.92. The van der Waals surface area contributed by atoms with Crippen LogP contribution in [0.1, 0.15) is 43.5 Å². The molecule has 1 aromatic rings. The van der Waals surface area contributed by atoms with Crippen LogP contribution < -0.4 is 5.32 Å². The molecular formula is C15H18FNO3. The summed E-state index contributed by atoms with van der Waals surface area (Å²) >= 11 is 0. The Bertz CT molecular complexity index is 554. The summed E-state index contributed by atoms with van der Waals surface area (Å²) in [5.74, 6) is -2.19. The largest absolute Gasteiger partial charge is 0.478 e. The minimum atomic E-state index is -1.15. The van der Waals surface area contributed by atoms with Crippen LogP contribution in [0.25, 0.3) is 0 Å². The second kappa shape index (κ2) is 5.23. The van der Waals surface area contributed by atoms with Gasteiger partial charge in [0.25, 0.3) is 0 Å². The first kappa shape index (κ1) is 14.5. The molecule has 2 N–H and O–H groups in total. The third-order valence-corrected chi connectivity index (χ3v) is 4.04. The molecule has 0 bridgehead atoms. The van der Waals surface area contributed by atoms with Crippen molar-refractivity contribution in [2.75, 3.05) is 5.32 Å². The van der Waals surface area contributed by atoms with Gasteiger partial charge in [-0.25, -0.2) is 9.18 Å². The first-order chi connectivity index (χ1) is 9.31. The van der Waals surface area contributed by atoms with Crippen LogP contribution in [0.3, 0.4) is 0 Å². The number of carbonyl (C=O) groups is 2. The zero-order chi connectivity index (χ0) is 14.9. The van der Waals surface area contributed by atoms with Crippen LogP contribution in [0, 0.1) is 17.2 Å². The highest BCUT2D eigenvalue weighted by atomic mass is 19.1. The van der Waals surface area contributed by atoms with Crippen molar-refractivity contribution in [1.29, 1.82) is 0 Å². The number of carboxylic acid groups (broad SMARTS) is 1. The predicted molar refractivity (Wildman–Crippen MR) is 73.1 cm³/mol. The lowest BCUT2D eigenvalue weighted by atomic mass is 9.81. The number of anilines is 1. The third kappa shape index (κ3) is 2.81. The maximum absolute atomic E-state index is 13.7. The smallest absolute Gasteiger partial charge is 0.335 e. The first-order valence-electron chi connectivity index (χ1n) is 6.65. The molecule has 0 heterocycles. The van der Waals surface area contributed by atoms with Crippen molar-refractivity contribution in [3.8, 4) is 0 Å². The van der Waals surface area contributed by atoms with E-state index in [0.29, 0.717) is 0 Å². The van der Waals surface area contributed by atoms with Gasteiger partial charge >= 0.3 is 5.97 Å². The van der Waals surface area contributed by atoms with E-state index in [2.05, 4.69) is 5.32 Å². The Morgan fingerprint density at radius 1 is 1.40 bits per heavy atom. The Kier molecular flexibility index (Phi) is 3.79. The summed E-state index contributed by atoms with van der Waals surface area (Å²) in [6.45, 7) is 4.04. The number of hydrogen-bond donors (Lipinski definition) is 2. The highest BCUT2D eigenvalue weighted by molar-refractivity contribution is 5.95. The van der Waals surface area contributed by atoms with Crippen molar-refractivity contribution in [3.05, 3.63) is 29.6 Å². The third-order valence-electron chi connectivity index (χ3n) is 4.04. The molecule has 1 atom stereocenters. The number of carbonyl (C=O) groups excluding carboxylic acids is 1. The molecule has 20 heavy (non-hydrogen) atoms. The van der Waals surface area contributed by atoms with E-state index >= 15 is 0 Å².